The first kappa shape index (κ1) is 21.1. The molecular formula is C20H22BrFN2O3. The number of methoxy groups -OCH3 is 1. The number of benzene rings is 1. The zero-order chi connectivity index (χ0) is 20.0. The molecule has 0 radical (unpaired) electrons. The number of unbranched alkanes of at least 4 members (excludes halogenated alkanes) is 1. The number of dihydropyridines is 1. The van der Waals surface area contributed by atoms with Gasteiger partial charge in [-0.15, -0.1) is 0 Å². The quantitative estimate of drug-likeness (QED) is 0.383. The molecule has 2 rings (SSSR count). The molecule has 0 aliphatic carbocycles. The van der Waals surface area contributed by atoms with Gasteiger partial charge >= 0.3 is 5.97 Å². The Morgan fingerprint density at radius 1 is 1.44 bits per heavy atom. The molecule has 1 unspecified atom stereocenters. The molecule has 0 fully saturated rings. The van der Waals surface area contributed by atoms with E-state index in [9.17, 15) is 9.18 Å². The van der Waals surface area contributed by atoms with E-state index in [2.05, 4.69) is 26.1 Å². The van der Waals surface area contributed by atoms with Gasteiger partial charge in [-0.1, -0.05) is 35.3 Å². The van der Waals surface area contributed by atoms with E-state index in [0.29, 0.717) is 39.3 Å². The first-order valence-electron chi connectivity index (χ1n) is 8.63. The highest BCUT2D eigenvalue weighted by Crippen LogP contribution is 2.42. The van der Waals surface area contributed by atoms with Crippen LogP contribution in [0.15, 0.2) is 45.3 Å². The minimum atomic E-state index is -0.669. The van der Waals surface area contributed by atoms with Crippen LogP contribution in [0.5, 0.6) is 0 Å². The Hall–Kier alpha value is -2.17. The van der Waals surface area contributed by atoms with E-state index in [1.165, 1.54) is 19.2 Å². The highest BCUT2D eigenvalue weighted by Gasteiger charge is 2.36. The number of halogens is 2. The van der Waals surface area contributed by atoms with E-state index in [0.717, 1.165) is 12.8 Å². The predicted octanol–water partition coefficient (Wildman–Crippen LogP) is 4.67. The molecule has 1 aromatic rings. The number of nitrogens with one attached hydrogen (secondary N) is 1. The van der Waals surface area contributed by atoms with Gasteiger partial charge in [-0.3, -0.25) is 0 Å². The van der Waals surface area contributed by atoms with Gasteiger partial charge in [-0.05, 0) is 31.0 Å². The van der Waals surface area contributed by atoms with Crippen LogP contribution in [-0.4, -0.2) is 26.3 Å². The van der Waals surface area contributed by atoms with Crippen molar-refractivity contribution in [3.63, 3.8) is 0 Å². The second-order valence-corrected chi connectivity index (χ2v) is 7.01. The van der Waals surface area contributed by atoms with Crippen LogP contribution < -0.4 is 5.32 Å². The summed E-state index contributed by atoms with van der Waals surface area (Å²) in [6, 6.07) is 4.22. The number of hydrogen-bond acceptors (Lipinski definition) is 4. The van der Waals surface area contributed by atoms with Gasteiger partial charge < -0.3 is 14.8 Å². The fourth-order valence-corrected chi connectivity index (χ4v) is 3.54. The first-order valence-corrected chi connectivity index (χ1v) is 9.43. The standard InChI is InChI=1S/C20H22BrFN2O3/c1-5-6-9-27-20(25)18-16(11-26-4)24-12(2)19(23-3)17(18)14-8-7-13(22)10-15(14)21/h7-8,10,17,24H,5-6,9,11H2,1-2,4H3. The summed E-state index contributed by atoms with van der Waals surface area (Å²) in [5, 5.41) is 3.10. The predicted molar refractivity (Wildman–Crippen MR) is 104 cm³/mol. The molecule has 27 heavy (non-hydrogen) atoms. The molecular weight excluding hydrogens is 415 g/mol. The Labute approximate surface area is 167 Å². The molecule has 7 heteroatoms. The van der Waals surface area contributed by atoms with E-state index in [1.807, 2.05) is 6.92 Å². The summed E-state index contributed by atoms with van der Waals surface area (Å²) >= 11 is 3.37. The van der Waals surface area contributed by atoms with E-state index >= 15 is 0 Å². The van der Waals surface area contributed by atoms with Gasteiger partial charge in [-0.2, -0.15) is 0 Å². The highest BCUT2D eigenvalue weighted by atomic mass is 79.9. The maximum absolute atomic E-state index is 13.6. The maximum atomic E-state index is 13.6. The van der Waals surface area contributed by atoms with Gasteiger partial charge in [0.15, 0.2) is 5.70 Å². The van der Waals surface area contributed by atoms with Crippen molar-refractivity contribution in [1.82, 2.24) is 5.32 Å². The number of allylic oxidation sites excluding steroid dienone is 2. The minimum absolute atomic E-state index is 0.163. The van der Waals surface area contributed by atoms with Crippen molar-refractivity contribution < 1.29 is 18.7 Å². The minimum Gasteiger partial charge on any atom is -0.462 e. The highest BCUT2D eigenvalue weighted by molar-refractivity contribution is 9.10. The summed E-state index contributed by atoms with van der Waals surface area (Å²) in [6.07, 6.45) is 1.65. The van der Waals surface area contributed by atoms with Crippen molar-refractivity contribution in [2.24, 2.45) is 0 Å². The van der Waals surface area contributed by atoms with Crippen LogP contribution in [-0.2, 0) is 14.3 Å². The Balaban J connectivity index is 2.60. The van der Waals surface area contributed by atoms with Crippen LogP contribution in [0.25, 0.3) is 4.85 Å². The number of rotatable bonds is 7. The summed E-state index contributed by atoms with van der Waals surface area (Å²) in [6.45, 7) is 11.9. The van der Waals surface area contributed by atoms with Crippen molar-refractivity contribution in [2.75, 3.05) is 20.3 Å². The topological polar surface area (TPSA) is 51.9 Å². The van der Waals surface area contributed by atoms with Crippen LogP contribution in [0.2, 0.25) is 0 Å². The van der Waals surface area contributed by atoms with Crippen molar-refractivity contribution in [3.8, 4) is 0 Å². The number of carbonyl (C=O) groups is 1. The summed E-state index contributed by atoms with van der Waals surface area (Å²) in [5.74, 6) is -1.58. The van der Waals surface area contributed by atoms with Gasteiger partial charge in [0.1, 0.15) is 5.82 Å². The fourth-order valence-electron chi connectivity index (χ4n) is 2.96. The monoisotopic (exact) mass is 436 g/mol. The fraction of sp³-hybridized carbons (Fsp3) is 0.400. The molecule has 0 bridgehead atoms. The number of nitrogens with zero attached hydrogens (tertiary/aromatic N) is 1. The summed E-state index contributed by atoms with van der Waals surface area (Å²) in [5.41, 5.74) is 2.48. The Morgan fingerprint density at radius 2 is 2.19 bits per heavy atom. The molecule has 5 nitrogen and oxygen atoms in total. The molecule has 1 aliphatic rings. The second kappa shape index (κ2) is 9.67. The normalized spacial score (nSPS) is 16.8. The van der Waals surface area contributed by atoms with E-state index in [-0.39, 0.29) is 6.61 Å². The number of ether oxygens (including phenoxy) is 2. The third-order valence-electron chi connectivity index (χ3n) is 4.24. The molecule has 0 saturated carbocycles. The molecule has 1 heterocycles. The lowest BCUT2D eigenvalue weighted by molar-refractivity contribution is -0.139. The Morgan fingerprint density at radius 3 is 2.78 bits per heavy atom. The van der Waals surface area contributed by atoms with Gasteiger partial charge in [0.25, 0.3) is 0 Å². The molecule has 0 aromatic heterocycles. The van der Waals surface area contributed by atoms with Gasteiger partial charge in [-0.25, -0.2) is 14.0 Å². The molecule has 0 spiro atoms. The average Bonchev–Trinajstić information content (AvgIpc) is 2.62. The smallest absolute Gasteiger partial charge is 0.335 e. The van der Waals surface area contributed by atoms with Crippen LogP contribution >= 0.6 is 15.9 Å². The molecule has 1 atom stereocenters. The third kappa shape index (κ3) is 4.76. The SMILES string of the molecule is [C-]#[N+]C1=C(C)NC(COC)=C(C(=O)OCCCC)C1c1ccc(F)cc1Br. The lowest BCUT2D eigenvalue weighted by Gasteiger charge is -2.30. The van der Waals surface area contributed by atoms with Crippen LogP contribution in [0.4, 0.5) is 4.39 Å². The zero-order valence-corrected chi connectivity index (χ0v) is 17.2. The molecule has 0 saturated heterocycles. The molecule has 1 N–H and O–H groups in total. The third-order valence-corrected chi connectivity index (χ3v) is 4.93. The molecule has 1 aliphatic heterocycles. The zero-order valence-electron chi connectivity index (χ0n) is 15.6. The summed E-state index contributed by atoms with van der Waals surface area (Å²) < 4.78 is 24.7. The molecule has 0 amide bonds. The van der Waals surface area contributed by atoms with E-state index in [1.54, 1.807) is 13.0 Å². The van der Waals surface area contributed by atoms with Crippen molar-refractivity contribution in [2.45, 2.75) is 32.6 Å². The largest absolute Gasteiger partial charge is 0.462 e. The van der Waals surface area contributed by atoms with E-state index in [4.69, 9.17) is 16.0 Å². The maximum Gasteiger partial charge on any atom is 0.335 e. The summed E-state index contributed by atoms with van der Waals surface area (Å²) in [7, 11) is 1.53. The van der Waals surface area contributed by atoms with Crippen molar-refractivity contribution in [1.29, 1.82) is 0 Å². The second-order valence-electron chi connectivity index (χ2n) is 6.16. The van der Waals surface area contributed by atoms with Crippen molar-refractivity contribution >= 4 is 21.9 Å². The molecule has 1 aromatic carbocycles. The van der Waals surface area contributed by atoms with Gasteiger partial charge in [0.05, 0.1) is 37.0 Å². The number of carbonyl (C=O) groups excluding carboxylic acids is 1. The lowest BCUT2D eigenvalue weighted by Crippen LogP contribution is -2.31. The number of esters is 1. The van der Waals surface area contributed by atoms with Crippen LogP contribution in [0, 0.1) is 12.4 Å². The lowest BCUT2D eigenvalue weighted by atomic mass is 9.84. The van der Waals surface area contributed by atoms with Crippen LogP contribution in [0.1, 0.15) is 38.2 Å². The van der Waals surface area contributed by atoms with E-state index < -0.39 is 17.7 Å². The first-order chi connectivity index (χ1) is 12.9. The van der Waals surface area contributed by atoms with Gasteiger partial charge in [0.2, 0.25) is 0 Å². The van der Waals surface area contributed by atoms with Crippen molar-refractivity contribution in [3.05, 3.63) is 68.1 Å². The average molecular weight is 437 g/mol. The van der Waals surface area contributed by atoms with Gasteiger partial charge in [0, 0.05) is 17.3 Å². The Bertz CT molecular complexity index is 827. The number of hydrogen-bond donors (Lipinski definition) is 1. The summed E-state index contributed by atoms with van der Waals surface area (Å²) in [4.78, 5) is 16.5. The Kier molecular flexibility index (Phi) is 7.57. The van der Waals surface area contributed by atoms with Crippen LogP contribution in [0.3, 0.4) is 0 Å². The molecule has 144 valence electrons.